The monoisotopic (exact) mass is 258 g/mol. The van der Waals surface area contributed by atoms with Crippen LogP contribution in [0.4, 0.5) is 0 Å². The first kappa shape index (κ1) is 13.8. The highest BCUT2D eigenvalue weighted by atomic mass is 16.5. The van der Waals surface area contributed by atoms with Gasteiger partial charge in [-0.15, -0.1) is 0 Å². The molecule has 1 aromatic carbocycles. The second-order valence-electron chi connectivity index (χ2n) is 5.94. The van der Waals surface area contributed by atoms with E-state index < -0.39 is 0 Å². The summed E-state index contributed by atoms with van der Waals surface area (Å²) in [5.41, 5.74) is 10.2. The van der Waals surface area contributed by atoms with E-state index in [-0.39, 0.29) is 5.41 Å². The van der Waals surface area contributed by atoms with Gasteiger partial charge in [0.15, 0.2) is 5.76 Å². The third kappa shape index (κ3) is 2.87. The molecule has 0 fully saturated rings. The summed E-state index contributed by atoms with van der Waals surface area (Å²) >= 11 is 0. The van der Waals surface area contributed by atoms with Gasteiger partial charge in [-0.3, -0.25) is 0 Å². The first-order chi connectivity index (χ1) is 8.93. The van der Waals surface area contributed by atoms with E-state index in [2.05, 4.69) is 50.2 Å². The van der Waals surface area contributed by atoms with Crippen molar-refractivity contribution < 1.29 is 4.52 Å². The van der Waals surface area contributed by atoms with Crippen molar-refractivity contribution >= 4 is 0 Å². The minimum Gasteiger partial charge on any atom is -0.356 e. The van der Waals surface area contributed by atoms with Crippen LogP contribution in [0, 0.1) is 6.92 Å². The smallest absolute Gasteiger partial charge is 0.170 e. The number of aryl methyl sites for hydroxylation is 1. The van der Waals surface area contributed by atoms with Crippen LogP contribution in [0.3, 0.4) is 0 Å². The van der Waals surface area contributed by atoms with Gasteiger partial charge in [0.25, 0.3) is 0 Å². The van der Waals surface area contributed by atoms with Crippen molar-refractivity contribution in [2.45, 2.75) is 39.5 Å². The Morgan fingerprint density at radius 3 is 2.32 bits per heavy atom. The minimum atomic E-state index is 0.163. The van der Waals surface area contributed by atoms with Crippen molar-refractivity contribution in [2.24, 2.45) is 5.73 Å². The molecule has 1 aromatic heterocycles. The summed E-state index contributed by atoms with van der Waals surface area (Å²) in [6.07, 6.45) is 0.797. The van der Waals surface area contributed by atoms with Crippen LogP contribution in [-0.2, 0) is 11.8 Å². The summed E-state index contributed by atoms with van der Waals surface area (Å²) in [7, 11) is 0. The predicted octanol–water partition coefficient (Wildman–Crippen LogP) is 3.45. The molecule has 0 spiro atoms. The maximum absolute atomic E-state index is 5.65. The molecular formula is C16H22N2O. The van der Waals surface area contributed by atoms with Crippen molar-refractivity contribution in [3.8, 4) is 11.3 Å². The standard InChI is InChI=1S/C16H22N2O/c1-11-14(9-10-17)15(19-18-11)12-5-7-13(8-6-12)16(2,3)4/h5-8H,9-10,17H2,1-4H3. The van der Waals surface area contributed by atoms with E-state index in [1.807, 2.05) is 6.92 Å². The maximum Gasteiger partial charge on any atom is 0.170 e. The Bertz CT molecular complexity index is 547. The van der Waals surface area contributed by atoms with Crippen LogP contribution >= 0.6 is 0 Å². The largest absolute Gasteiger partial charge is 0.356 e. The summed E-state index contributed by atoms with van der Waals surface area (Å²) < 4.78 is 5.45. The van der Waals surface area contributed by atoms with E-state index in [1.54, 1.807) is 0 Å². The normalized spacial score (nSPS) is 11.8. The van der Waals surface area contributed by atoms with Gasteiger partial charge >= 0.3 is 0 Å². The van der Waals surface area contributed by atoms with E-state index in [4.69, 9.17) is 10.3 Å². The average molecular weight is 258 g/mol. The van der Waals surface area contributed by atoms with Crippen molar-refractivity contribution in [2.75, 3.05) is 6.54 Å². The molecule has 3 nitrogen and oxygen atoms in total. The molecule has 0 aliphatic rings. The van der Waals surface area contributed by atoms with E-state index in [9.17, 15) is 0 Å². The average Bonchev–Trinajstić information content (AvgIpc) is 2.71. The third-order valence-electron chi connectivity index (χ3n) is 3.39. The first-order valence-electron chi connectivity index (χ1n) is 6.69. The summed E-state index contributed by atoms with van der Waals surface area (Å²) in [4.78, 5) is 0. The fourth-order valence-electron chi connectivity index (χ4n) is 2.18. The number of hydrogen-bond donors (Lipinski definition) is 1. The van der Waals surface area contributed by atoms with Crippen molar-refractivity contribution in [1.29, 1.82) is 0 Å². The Kier molecular flexibility index (Phi) is 3.76. The van der Waals surface area contributed by atoms with E-state index in [0.717, 1.165) is 29.0 Å². The molecule has 0 saturated carbocycles. The minimum absolute atomic E-state index is 0.163. The van der Waals surface area contributed by atoms with Crippen LogP contribution in [-0.4, -0.2) is 11.7 Å². The molecule has 0 unspecified atom stereocenters. The van der Waals surface area contributed by atoms with Crippen LogP contribution in [0.5, 0.6) is 0 Å². The van der Waals surface area contributed by atoms with Gasteiger partial charge in [-0.05, 0) is 30.9 Å². The van der Waals surface area contributed by atoms with Gasteiger partial charge in [0.1, 0.15) is 0 Å². The van der Waals surface area contributed by atoms with Gasteiger partial charge in [-0.25, -0.2) is 0 Å². The zero-order valence-corrected chi connectivity index (χ0v) is 12.2. The number of nitrogens with zero attached hydrogens (tertiary/aromatic N) is 1. The highest BCUT2D eigenvalue weighted by Crippen LogP contribution is 2.29. The number of nitrogens with two attached hydrogens (primary N) is 1. The lowest BCUT2D eigenvalue weighted by atomic mass is 9.86. The van der Waals surface area contributed by atoms with Crippen molar-refractivity contribution in [1.82, 2.24) is 5.16 Å². The Morgan fingerprint density at radius 1 is 1.16 bits per heavy atom. The summed E-state index contributed by atoms with van der Waals surface area (Å²) in [6, 6.07) is 8.50. The van der Waals surface area contributed by atoms with Crippen molar-refractivity contribution in [3.63, 3.8) is 0 Å². The Labute approximate surface area is 114 Å². The molecular weight excluding hydrogens is 236 g/mol. The molecule has 0 bridgehead atoms. The van der Waals surface area contributed by atoms with Crippen LogP contribution in [0.25, 0.3) is 11.3 Å². The summed E-state index contributed by atoms with van der Waals surface area (Å²) in [5.74, 6) is 0.850. The van der Waals surface area contributed by atoms with Crippen LogP contribution in [0.15, 0.2) is 28.8 Å². The lowest BCUT2D eigenvalue weighted by Crippen LogP contribution is -2.10. The fourth-order valence-corrected chi connectivity index (χ4v) is 2.18. The van der Waals surface area contributed by atoms with Crippen LogP contribution in [0.2, 0.25) is 0 Å². The maximum atomic E-state index is 5.65. The lowest BCUT2D eigenvalue weighted by Gasteiger charge is -2.18. The molecule has 102 valence electrons. The number of rotatable bonds is 3. The quantitative estimate of drug-likeness (QED) is 0.917. The zero-order valence-electron chi connectivity index (χ0n) is 12.2. The highest BCUT2D eigenvalue weighted by molar-refractivity contribution is 5.62. The molecule has 0 saturated heterocycles. The van der Waals surface area contributed by atoms with E-state index >= 15 is 0 Å². The number of aromatic nitrogens is 1. The zero-order chi connectivity index (χ0) is 14.0. The lowest BCUT2D eigenvalue weighted by molar-refractivity contribution is 0.426. The van der Waals surface area contributed by atoms with E-state index in [1.165, 1.54) is 5.56 Å². The Hall–Kier alpha value is -1.61. The van der Waals surface area contributed by atoms with Gasteiger partial charge in [0.05, 0.1) is 5.69 Å². The van der Waals surface area contributed by atoms with Crippen LogP contribution < -0.4 is 5.73 Å². The molecule has 0 amide bonds. The molecule has 2 rings (SSSR count). The number of benzene rings is 1. The van der Waals surface area contributed by atoms with Crippen molar-refractivity contribution in [3.05, 3.63) is 41.1 Å². The second-order valence-corrected chi connectivity index (χ2v) is 5.94. The second kappa shape index (κ2) is 5.17. The number of hydrogen-bond acceptors (Lipinski definition) is 3. The topological polar surface area (TPSA) is 52.0 Å². The molecule has 2 N–H and O–H groups in total. The summed E-state index contributed by atoms with van der Waals surface area (Å²) in [6.45, 7) is 9.19. The molecule has 1 heterocycles. The molecule has 0 aliphatic carbocycles. The first-order valence-corrected chi connectivity index (χ1v) is 6.69. The Balaban J connectivity index is 2.38. The van der Waals surface area contributed by atoms with Gasteiger partial charge in [0.2, 0.25) is 0 Å². The molecule has 0 radical (unpaired) electrons. The van der Waals surface area contributed by atoms with Gasteiger partial charge in [0, 0.05) is 11.1 Å². The van der Waals surface area contributed by atoms with Crippen LogP contribution in [0.1, 0.15) is 37.6 Å². The van der Waals surface area contributed by atoms with Gasteiger partial charge < -0.3 is 10.3 Å². The summed E-state index contributed by atoms with van der Waals surface area (Å²) in [5, 5.41) is 4.05. The predicted molar refractivity (Wildman–Crippen MR) is 78.1 cm³/mol. The van der Waals surface area contributed by atoms with E-state index in [0.29, 0.717) is 6.54 Å². The highest BCUT2D eigenvalue weighted by Gasteiger charge is 2.16. The molecule has 0 aliphatic heterocycles. The third-order valence-corrected chi connectivity index (χ3v) is 3.39. The fraction of sp³-hybridized carbons (Fsp3) is 0.438. The molecule has 19 heavy (non-hydrogen) atoms. The van der Waals surface area contributed by atoms with Gasteiger partial charge in [-0.1, -0.05) is 50.2 Å². The molecule has 2 aromatic rings. The molecule has 3 heteroatoms. The Morgan fingerprint density at radius 2 is 1.79 bits per heavy atom. The SMILES string of the molecule is Cc1noc(-c2ccc(C(C)(C)C)cc2)c1CCN. The van der Waals surface area contributed by atoms with Gasteiger partial charge in [-0.2, -0.15) is 0 Å². The molecule has 0 atom stereocenters.